The van der Waals surface area contributed by atoms with E-state index in [0.29, 0.717) is 33.1 Å². The normalized spacial score (nSPS) is 10.3. The number of rotatable bonds is 7. The van der Waals surface area contributed by atoms with Crippen LogP contribution in [0.15, 0.2) is 53.7 Å². The Balaban J connectivity index is 1.80. The lowest BCUT2D eigenvalue weighted by atomic mass is 10.2. The number of para-hydroxylation sites is 2. The fraction of sp³-hybridized carbons (Fsp3) is 0.150. The maximum atomic E-state index is 9.42. The molecule has 0 aliphatic carbocycles. The van der Waals surface area contributed by atoms with E-state index in [-0.39, 0.29) is 18.0 Å². The predicted octanol–water partition coefficient (Wildman–Crippen LogP) is 4.46. The smallest absolute Gasteiger partial charge is 0.190 e. The molecule has 142 valence electrons. The van der Waals surface area contributed by atoms with E-state index in [9.17, 15) is 5.26 Å². The first-order chi connectivity index (χ1) is 13.6. The van der Waals surface area contributed by atoms with Crippen molar-refractivity contribution in [2.75, 3.05) is 12.8 Å². The summed E-state index contributed by atoms with van der Waals surface area (Å²) in [5.41, 5.74) is 7.55. The second-order valence-electron chi connectivity index (χ2n) is 5.64. The zero-order valence-corrected chi connectivity index (χ0v) is 16.6. The lowest BCUT2D eigenvalue weighted by Crippen LogP contribution is -2.08. The number of halogens is 1. The first-order valence-corrected chi connectivity index (χ1v) is 9.67. The van der Waals surface area contributed by atoms with Gasteiger partial charge in [-0.15, -0.1) is 0 Å². The third-order valence-corrected chi connectivity index (χ3v) is 5.12. The standard InChI is InChI=1S/C20H17ClN4O2S/c1-26-17-8-4-5-9-18(17)27-11-16-14(10-22)19(23)25-20(24-16)28-12-13-6-2-3-7-15(13)21/h2-9H,11-12H2,1H3,(H2,23,24,25). The van der Waals surface area contributed by atoms with Crippen molar-refractivity contribution in [3.8, 4) is 17.6 Å². The van der Waals surface area contributed by atoms with Gasteiger partial charge < -0.3 is 15.2 Å². The number of nitrogen functional groups attached to an aromatic ring is 1. The van der Waals surface area contributed by atoms with Gasteiger partial charge in [-0.25, -0.2) is 9.97 Å². The van der Waals surface area contributed by atoms with Crippen molar-refractivity contribution in [1.82, 2.24) is 9.97 Å². The number of hydrogen-bond acceptors (Lipinski definition) is 7. The van der Waals surface area contributed by atoms with Gasteiger partial charge in [0.05, 0.1) is 7.11 Å². The van der Waals surface area contributed by atoms with Gasteiger partial charge in [0.25, 0.3) is 0 Å². The molecule has 0 aliphatic rings. The highest BCUT2D eigenvalue weighted by Gasteiger charge is 2.15. The van der Waals surface area contributed by atoms with Crippen molar-refractivity contribution < 1.29 is 9.47 Å². The molecule has 6 nitrogen and oxygen atoms in total. The number of ether oxygens (including phenoxy) is 2. The fourth-order valence-electron chi connectivity index (χ4n) is 2.44. The Kier molecular flexibility index (Phi) is 6.58. The molecule has 28 heavy (non-hydrogen) atoms. The van der Waals surface area contributed by atoms with E-state index >= 15 is 0 Å². The molecule has 0 saturated carbocycles. The lowest BCUT2D eigenvalue weighted by Gasteiger charge is -2.12. The maximum absolute atomic E-state index is 9.42. The minimum Gasteiger partial charge on any atom is -0.493 e. The molecule has 0 spiro atoms. The van der Waals surface area contributed by atoms with Crippen LogP contribution >= 0.6 is 23.4 Å². The molecule has 8 heteroatoms. The Morgan fingerprint density at radius 3 is 2.54 bits per heavy atom. The molecule has 0 bridgehead atoms. The van der Waals surface area contributed by atoms with Gasteiger partial charge in [-0.2, -0.15) is 5.26 Å². The molecule has 0 unspecified atom stereocenters. The number of anilines is 1. The molecule has 2 aromatic carbocycles. The van der Waals surface area contributed by atoms with Crippen LogP contribution < -0.4 is 15.2 Å². The quantitative estimate of drug-likeness (QED) is 0.452. The maximum Gasteiger partial charge on any atom is 0.190 e. The van der Waals surface area contributed by atoms with Gasteiger partial charge in [0.1, 0.15) is 29.8 Å². The first kappa shape index (κ1) is 19.8. The van der Waals surface area contributed by atoms with E-state index in [1.54, 1.807) is 19.2 Å². The SMILES string of the molecule is COc1ccccc1OCc1nc(SCc2ccccc2Cl)nc(N)c1C#N. The zero-order chi connectivity index (χ0) is 19.9. The van der Waals surface area contributed by atoms with Gasteiger partial charge in [-0.1, -0.05) is 53.7 Å². The van der Waals surface area contributed by atoms with Crippen molar-refractivity contribution in [2.24, 2.45) is 0 Å². The van der Waals surface area contributed by atoms with Crippen LogP contribution in [0.3, 0.4) is 0 Å². The van der Waals surface area contributed by atoms with Gasteiger partial charge >= 0.3 is 0 Å². The molecule has 0 amide bonds. The van der Waals surface area contributed by atoms with Crippen LogP contribution in [0.25, 0.3) is 0 Å². The molecule has 3 rings (SSSR count). The molecule has 3 aromatic rings. The number of benzene rings is 2. The highest BCUT2D eigenvalue weighted by molar-refractivity contribution is 7.98. The third kappa shape index (κ3) is 4.66. The minimum absolute atomic E-state index is 0.0651. The summed E-state index contributed by atoms with van der Waals surface area (Å²) >= 11 is 7.58. The largest absolute Gasteiger partial charge is 0.493 e. The average molecular weight is 413 g/mol. The van der Waals surface area contributed by atoms with Crippen LogP contribution in [0.4, 0.5) is 5.82 Å². The van der Waals surface area contributed by atoms with Crippen LogP contribution in [0.1, 0.15) is 16.8 Å². The van der Waals surface area contributed by atoms with Gasteiger partial charge in [0, 0.05) is 10.8 Å². The van der Waals surface area contributed by atoms with E-state index in [4.69, 9.17) is 26.8 Å². The van der Waals surface area contributed by atoms with Gasteiger partial charge in [-0.3, -0.25) is 0 Å². The second-order valence-corrected chi connectivity index (χ2v) is 6.99. The molecular weight excluding hydrogens is 396 g/mol. The number of nitriles is 1. The van der Waals surface area contributed by atoms with E-state index in [0.717, 1.165) is 5.56 Å². The Morgan fingerprint density at radius 2 is 1.82 bits per heavy atom. The van der Waals surface area contributed by atoms with Crippen LogP contribution in [-0.4, -0.2) is 17.1 Å². The summed E-state index contributed by atoms with van der Waals surface area (Å²) in [6.45, 7) is 0.0651. The topological polar surface area (TPSA) is 94.1 Å². The van der Waals surface area contributed by atoms with E-state index < -0.39 is 0 Å². The zero-order valence-electron chi connectivity index (χ0n) is 15.1. The highest BCUT2D eigenvalue weighted by Crippen LogP contribution is 2.29. The average Bonchev–Trinajstić information content (AvgIpc) is 2.71. The molecular formula is C20H17ClN4O2S. The highest BCUT2D eigenvalue weighted by atomic mass is 35.5. The van der Waals surface area contributed by atoms with Gasteiger partial charge in [0.2, 0.25) is 0 Å². The number of nitrogens with zero attached hydrogens (tertiary/aromatic N) is 3. The number of methoxy groups -OCH3 is 1. The van der Waals surface area contributed by atoms with Gasteiger partial charge in [0.15, 0.2) is 16.7 Å². The summed E-state index contributed by atoms with van der Waals surface area (Å²) in [4.78, 5) is 8.68. The molecule has 2 N–H and O–H groups in total. The number of nitrogens with two attached hydrogens (primary N) is 1. The van der Waals surface area contributed by atoms with E-state index in [1.807, 2.05) is 42.5 Å². The van der Waals surface area contributed by atoms with E-state index in [1.165, 1.54) is 11.8 Å². The molecule has 0 radical (unpaired) electrons. The Labute approximate surface area is 172 Å². The predicted molar refractivity (Wildman–Crippen MR) is 109 cm³/mol. The van der Waals surface area contributed by atoms with Crippen molar-refractivity contribution >= 4 is 29.2 Å². The molecule has 0 saturated heterocycles. The second kappa shape index (κ2) is 9.31. The van der Waals surface area contributed by atoms with Crippen molar-refractivity contribution in [3.63, 3.8) is 0 Å². The molecule has 0 fully saturated rings. The molecule has 1 heterocycles. The summed E-state index contributed by atoms with van der Waals surface area (Å²) < 4.78 is 11.1. The summed E-state index contributed by atoms with van der Waals surface area (Å²) in [6, 6.07) is 16.9. The Morgan fingerprint density at radius 1 is 1.11 bits per heavy atom. The summed E-state index contributed by atoms with van der Waals surface area (Å²) in [5.74, 6) is 1.85. The Bertz CT molecular complexity index is 1020. The van der Waals surface area contributed by atoms with Crippen LogP contribution in [0.2, 0.25) is 5.02 Å². The third-order valence-electron chi connectivity index (χ3n) is 3.85. The van der Waals surface area contributed by atoms with Crippen LogP contribution in [0, 0.1) is 11.3 Å². The fourth-order valence-corrected chi connectivity index (χ4v) is 3.59. The first-order valence-electron chi connectivity index (χ1n) is 8.31. The monoisotopic (exact) mass is 412 g/mol. The summed E-state index contributed by atoms with van der Waals surface area (Å²) in [5, 5.41) is 10.5. The molecule has 1 aromatic heterocycles. The number of thioether (sulfide) groups is 1. The Hall–Kier alpha value is -2.95. The molecule has 0 aliphatic heterocycles. The van der Waals surface area contributed by atoms with E-state index in [2.05, 4.69) is 9.97 Å². The van der Waals surface area contributed by atoms with Crippen molar-refractivity contribution in [1.29, 1.82) is 5.26 Å². The van der Waals surface area contributed by atoms with Crippen LogP contribution in [-0.2, 0) is 12.4 Å². The summed E-state index contributed by atoms with van der Waals surface area (Å²) in [7, 11) is 1.56. The van der Waals surface area contributed by atoms with Crippen molar-refractivity contribution in [3.05, 3.63) is 70.4 Å². The van der Waals surface area contributed by atoms with Crippen molar-refractivity contribution in [2.45, 2.75) is 17.5 Å². The summed E-state index contributed by atoms with van der Waals surface area (Å²) in [6.07, 6.45) is 0. The number of aromatic nitrogens is 2. The van der Waals surface area contributed by atoms with Gasteiger partial charge in [-0.05, 0) is 23.8 Å². The van der Waals surface area contributed by atoms with Crippen LogP contribution in [0.5, 0.6) is 11.5 Å². The lowest BCUT2D eigenvalue weighted by molar-refractivity contribution is 0.279. The molecule has 0 atom stereocenters. The minimum atomic E-state index is 0.0651. The number of hydrogen-bond donors (Lipinski definition) is 1.